The molecule has 0 saturated heterocycles. The van der Waals surface area contributed by atoms with Gasteiger partial charge in [0.1, 0.15) is 0 Å². The minimum absolute atomic E-state index is 0.00277. The van der Waals surface area contributed by atoms with E-state index in [1.54, 1.807) is 0 Å². The van der Waals surface area contributed by atoms with Crippen LogP contribution >= 0.6 is 0 Å². The molecule has 0 spiro atoms. The maximum Gasteiger partial charge on any atom is 0.234 e. The summed E-state index contributed by atoms with van der Waals surface area (Å²) in [7, 11) is 0. The summed E-state index contributed by atoms with van der Waals surface area (Å²) in [5.74, 6) is 0.0962. The molecule has 0 heterocycles. The van der Waals surface area contributed by atoms with Crippen molar-refractivity contribution in [2.75, 3.05) is 6.54 Å². The molecule has 0 aromatic rings. The first-order valence-corrected chi connectivity index (χ1v) is 6.39. The molecule has 0 aliphatic carbocycles. The zero-order valence-corrected chi connectivity index (χ0v) is 11.5. The van der Waals surface area contributed by atoms with Crippen LogP contribution in [0.4, 0.5) is 0 Å². The summed E-state index contributed by atoms with van der Waals surface area (Å²) >= 11 is 0. The van der Waals surface area contributed by atoms with Crippen LogP contribution in [0.1, 0.15) is 60.3 Å². The number of carbonyl (C=O) groups is 1. The first-order valence-electron chi connectivity index (χ1n) is 6.39. The van der Waals surface area contributed by atoms with Gasteiger partial charge in [0.2, 0.25) is 5.91 Å². The Morgan fingerprint density at radius 2 is 1.88 bits per heavy atom. The van der Waals surface area contributed by atoms with Gasteiger partial charge in [-0.3, -0.25) is 4.79 Å². The highest BCUT2D eigenvalue weighted by Crippen LogP contribution is 2.02. The monoisotopic (exact) mass is 228 g/mol. The van der Waals surface area contributed by atoms with E-state index in [1.807, 2.05) is 0 Å². The van der Waals surface area contributed by atoms with Crippen molar-refractivity contribution in [2.45, 2.75) is 71.9 Å². The zero-order valence-electron chi connectivity index (χ0n) is 11.5. The standard InChI is InChI=1S/C13H28N2O/c1-6-7-8-9-11(2)15-12(16)10-14-13(3,4)5/h11,14H,6-10H2,1-5H3,(H,15,16). The maximum atomic E-state index is 11.6. The number of rotatable bonds is 7. The summed E-state index contributed by atoms with van der Waals surface area (Å²) < 4.78 is 0. The molecule has 1 atom stereocenters. The Hall–Kier alpha value is -0.570. The summed E-state index contributed by atoms with van der Waals surface area (Å²) in [4.78, 5) is 11.6. The lowest BCUT2D eigenvalue weighted by Gasteiger charge is -2.21. The number of unbranched alkanes of at least 4 members (excludes halogenated alkanes) is 2. The van der Waals surface area contributed by atoms with Gasteiger partial charge in [0, 0.05) is 11.6 Å². The van der Waals surface area contributed by atoms with Crippen molar-refractivity contribution in [1.82, 2.24) is 10.6 Å². The fourth-order valence-corrected chi connectivity index (χ4v) is 1.44. The highest BCUT2D eigenvalue weighted by molar-refractivity contribution is 5.78. The summed E-state index contributed by atoms with van der Waals surface area (Å²) in [6, 6.07) is 0.292. The highest BCUT2D eigenvalue weighted by Gasteiger charge is 2.12. The molecule has 0 aromatic carbocycles. The van der Waals surface area contributed by atoms with Crippen LogP contribution in [0.3, 0.4) is 0 Å². The van der Waals surface area contributed by atoms with Gasteiger partial charge >= 0.3 is 0 Å². The molecular formula is C13H28N2O. The van der Waals surface area contributed by atoms with Gasteiger partial charge in [-0.25, -0.2) is 0 Å². The van der Waals surface area contributed by atoms with Crippen molar-refractivity contribution >= 4 is 5.91 Å². The van der Waals surface area contributed by atoms with Gasteiger partial charge in [-0.05, 0) is 34.1 Å². The number of hydrogen-bond donors (Lipinski definition) is 2. The van der Waals surface area contributed by atoms with Gasteiger partial charge in [-0.15, -0.1) is 0 Å². The largest absolute Gasteiger partial charge is 0.353 e. The number of amides is 1. The smallest absolute Gasteiger partial charge is 0.234 e. The predicted molar refractivity (Wildman–Crippen MR) is 69.5 cm³/mol. The summed E-state index contributed by atoms with van der Waals surface area (Å²) in [6.45, 7) is 10.9. The van der Waals surface area contributed by atoms with Gasteiger partial charge in [0.05, 0.1) is 6.54 Å². The lowest BCUT2D eigenvalue weighted by atomic mass is 10.1. The fraction of sp³-hybridized carbons (Fsp3) is 0.923. The molecule has 0 aliphatic rings. The molecule has 0 aliphatic heterocycles. The van der Waals surface area contributed by atoms with E-state index in [2.05, 4.69) is 45.3 Å². The molecule has 0 rings (SSSR count). The van der Waals surface area contributed by atoms with Crippen molar-refractivity contribution in [3.05, 3.63) is 0 Å². The molecule has 1 amide bonds. The molecule has 2 N–H and O–H groups in total. The summed E-state index contributed by atoms with van der Waals surface area (Å²) in [6.07, 6.45) is 4.76. The third-order valence-corrected chi connectivity index (χ3v) is 2.43. The van der Waals surface area contributed by atoms with Crippen LogP contribution in [0.25, 0.3) is 0 Å². The van der Waals surface area contributed by atoms with E-state index in [1.165, 1.54) is 19.3 Å². The SMILES string of the molecule is CCCCCC(C)NC(=O)CNC(C)(C)C. The van der Waals surface area contributed by atoms with Crippen molar-refractivity contribution in [1.29, 1.82) is 0 Å². The first kappa shape index (κ1) is 15.4. The highest BCUT2D eigenvalue weighted by atomic mass is 16.1. The van der Waals surface area contributed by atoms with E-state index in [0.29, 0.717) is 12.6 Å². The average Bonchev–Trinajstić information content (AvgIpc) is 2.14. The minimum Gasteiger partial charge on any atom is -0.353 e. The molecule has 0 saturated carbocycles. The van der Waals surface area contributed by atoms with Crippen LogP contribution in [0.2, 0.25) is 0 Å². The lowest BCUT2D eigenvalue weighted by Crippen LogP contribution is -2.45. The Kier molecular flexibility index (Phi) is 7.39. The Labute approximate surface area is 100 Å². The van der Waals surface area contributed by atoms with Gasteiger partial charge in [-0.2, -0.15) is 0 Å². The van der Waals surface area contributed by atoms with Crippen molar-refractivity contribution in [2.24, 2.45) is 0 Å². The molecule has 0 radical (unpaired) electrons. The van der Waals surface area contributed by atoms with E-state index < -0.39 is 0 Å². The van der Waals surface area contributed by atoms with Crippen LogP contribution in [0.5, 0.6) is 0 Å². The summed E-state index contributed by atoms with van der Waals surface area (Å²) in [5.41, 5.74) is 0.00277. The third kappa shape index (κ3) is 9.97. The second-order valence-corrected chi connectivity index (χ2v) is 5.57. The van der Waals surface area contributed by atoms with E-state index in [-0.39, 0.29) is 11.4 Å². The van der Waals surface area contributed by atoms with Crippen molar-refractivity contribution in [3.8, 4) is 0 Å². The average molecular weight is 228 g/mol. The van der Waals surface area contributed by atoms with Gasteiger partial charge in [-0.1, -0.05) is 26.2 Å². The predicted octanol–water partition coefficient (Wildman–Crippen LogP) is 2.46. The van der Waals surface area contributed by atoms with Crippen molar-refractivity contribution in [3.63, 3.8) is 0 Å². The van der Waals surface area contributed by atoms with Crippen LogP contribution in [0, 0.1) is 0 Å². The molecule has 0 bridgehead atoms. The lowest BCUT2D eigenvalue weighted by molar-refractivity contribution is -0.121. The Bertz CT molecular complexity index is 197. The van der Waals surface area contributed by atoms with E-state index in [9.17, 15) is 4.79 Å². The first-order chi connectivity index (χ1) is 7.35. The Morgan fingerprint density at radius 3 is 2.38 bits per heavy atom. The van der Waals surface area contributed by atoms with Crippen LogP contribution in [-0.4, -0.2) is 24.0 Å². The Morgan fingerprint density at radius 1 is 1.25 bits per heavy atom. The van der Waals surface area contributed by atoms with Crippen molar-refractivity contribution < 1.29 is 4.79 Å². The van der Waals surface area contributed by atoms with Crippen LogP contribution in [0.15, 0.2) is 0 Å². The molecule has 1 unspecified atom stereocenters. The molecule has 3 heteroatoms. The number of nitrogens with one attached hydrogen (secondary N) is 2. The third-order valence-electron chi connectivity index (χ3n) is 2.43. The zero-order chi connectivity index (χ0) is 12.6. The Balaban J connectivity index is 3.62. The number of carbonyl (C=O) groups excluding carboxylic acids is 1. The van der Waals surface area contributed by atoms with E-state index in [4.69, 9.17) is 0 Å². The molecule has 0 aromatic heterocycles. The fourth-order valence-electron chi connectivity index (χ4n) is 1.44. The maximum absolute atomic E-state index is 11.6. The normalized spacial score (nSPS) is 13.6. The molecule has 96 valence electrons. The second kappa shape index (κ2) is 7.66. The van der Waals surface area contributed by atoms with Gasteiger partial charge in [0.25, 0.3) is 0 Å². The van der Waals surface area contributed by atoms with Gasteiger partial charge in [0.15, 0.2) is 0 Å². The molecular weight excluding hydrogens is 200 g/mol. The van der Waals surface area contributed by atoms with Gasteiger partial charge < -0.3 is 10.6 Å². The molecule has 0 fully saturated rings. The quantitative estimate of drug-likeness (QED) is 0.657. The van der Waals surface area contributed by atoms with Crippen LogP contribution in [-0.2, 0) is 4.79 Å². The molecule has 3 nitrogen and oxygen atoms in total. The van der Waals surface area contributed by atoms with E-state index >= 15 is 0 Å². The van der Waals surface area contributed by atoms with Crippen LogP contribution < -0.4 is 10.6 Å². The summed E-state index contributed by atoms with van der Waals surface area (Å²) in [5, 5.41) is 6.19. The number of hydrogen-bond acceptors (Lipinski definition) is 2. The topological polar surface area (TPSA) is 41.1 Å². The van der Waals surface area contributed by atoms with E-state index in [0.717, 1.165) is 6.42 Å². The molecule has 16 heavy (non-hydrogen) atoms. The second-order valence-electron chi connectivity index (χ2n) is 5.57. The minimum atomic E-state index is 0.00277.